The first-order valence-electron chi connectivity index (χ1n) is 9.05. The van der Waals surface area contributed by atoms with Gasteiger partial charge in [0, 0.05) is 32.4 Å². The molecule has 0 saturated carbocycles. The van der Waals surface area contributed by atoms with Gasteiger partial charge in [-0.05, 0) is 43.3 Å². The summed E-state index contributed by atoms with van der Waals surface area (Å²) in [7, 11) is 1.82. The number of nitrogens with one attached hydrogen (secondary N) is 2. The number of guanidine groups is 1. The van der Waals surface area contributed by atoms with E-state index < -0.39 is 0 Å². The number of likely N-dealkylation sites (tertiary alicyclic amines) is 1. The number of aliphatic imine (C=N–C) groups is 1. The van der Waals surface area contributed by atoms with Crippen LogP contribution in [0.2, 0.25) is 0 Å². The van der Waals surface area contributed by atoms with E-state index in [-0.39, 0.29) is 0 Å². The van der Waals surface area contributed by atoms with Gasteiger partial charge < -0.3 is 10.6 Å². The fraction of sp³-hybridized carbons (Fsp3) is 0.632. The van der Waals surface area contributed by atoms with Crippen molar-refractivity contribution in [2.45, 2.75) is 38.8 Å². The van der Waals surface area contributed by atoms with E-state index in [2.05, 4.69) is 51.0 Å². The summed E-state index contributed by atoms with van der Waals surface area (Å²) < 4.78 is 0. The summed E-state index contributed by atoms with van der Waals surface area (Å²) in [5, 5.41) is 6.70. The molecule has 2 rings (SSSR count). The Labute approximate surface area is 151 Å². The molecule has 5 heteroatoms. The van der Waals surface area contributed by atoms with Crippen molar-refractivity contribution < 1.29 is 0 Å². The van der Waals surface area contributed by atoms with E-state index in [0.717, 1.165) is 31.3 Å². The van der Waals surface area contributed by atoms with E-state index in [4.69, 9.17) is 0 Å². The van der Waals surface area contributed by atoms with E-state index >= 15 is 0 Å². The molecule has 24 heavy (non-hydrogen) atoms. The molecule has 1 heterocycles. The quantitative estimate of drug-likeness (QED) is 0.451. The summed E-state index contributed by atoms with van der Waals surface area (Å²) in [4.78, 5) is 6.85. The van der Waals surface area contributed by atoms with Crippen molar-refractivity contribution in [3.8, 4) is 0 Å². The van der Waals surface area contributed by atoms with Crippen LogP contribution in [0.3, 0.4) is 0 Å². The topological polar surface area (TPSA) is 39.7 Å². The van der Waals surface area contributed by atoms with Crippen LogP contribution < -0.4 is 10.6 Å². The van der Waals surface area contributed by atoms with E-state index in [1.165, 1.54) is 49.9 Å². The highest BCUT2D eigenvalue weighted by Gasteiger charge is 2.09. The summed E-state index contributed by atoms with van der Waals surface area (Å²) >= 11 is 1.84. The maximum absolute atomic E-state index is 4.26. The average Bonchev–Trinajstić information content (AvgIpc) is 2.88. The Morgan fingerprint density at radius 1 is 1.04 bits per heavy atom. The van der Waals surface area contributed by atoms with Gasteiger partial charge in [0.05, 0.1) is 0 Å². The van der Waals surface area contributed by atoms with E-state index in [1.54, 1.807) is 0 Å². The first kappa shape index (κ1) is 19.1. The summed E-state index contributed by atoms with van der Waals surface area (Å²) in [6, 6.07) is 9.00. The van der Waals surface area contributed by atoms with Gasteiger partial charge in [-0.2, -0.15) is 11.8 Å². The molecule has 0 spiro atoms. The van der Waals surface area contributed by atoms with Crippen LogP contribution in [0.25, 0.3) is 0 Å². The van der Waals surface area contributed by atoms with Crippen LogP contribution in [0.4, 0.5) is 0 Å². The van der Waals surface area contributed by atoms with E-state index in [1.807, 2.05) is 18.8 Å². The number of thioether (sulfide) groups is 1. The smallest absolute Gasteiger partial charge is 0.191 e. The Morgan fingerprint density at radius 3 is 2.33 bits per heavy atom. The van der Waals surface area contributed by atoms with Gasteiger partial charge in [0.1, 0.15) is 0 Å². The SMILES string of the molecule is CN=C(NCCSC)NCc1ccc(CN2CCCCCC2)cc1. The second kappa shape index (κ2) is 11.4. The third-order valence-corrected chi connectivity index (χ3v) is 5.02. The Hall–Kier alpha value is -1.20. The second-order valence-corrected chi connectivity index (χ2v) is 7.34. The van der Waals surface area contributed by atoms with Crippen LogP contribution in [-0.2, 0) is 13.1 Å². The highest BCUT2D eigenvalue weighted by molar-refractivity contribution is 7.98. The maximum atomic E-state index is 4.26. The number of hydrogen-bond acceptors (Lipinski definition) is 3. The number of benzene rings is 1. The molecule has 0 bridgehead atoms. The fourth-order valence-corrected chi connectivity index (χ4v) is 3.30. The lowest BCUT2D eigenvalue weighted by Crippen LogP contribution is -2.37. The fourth-order valence-electron chi connectivity index (χ4n) is 2.99. The number of hydrogen-bond donors (Lipinski definition) is 2. The zero-order valence-electron chi connectivity index (χ0n) is 15.2. The van der Waals surface area contributed by atoms with Crippen LogP contribution in [-0.4, -0.2) is 49.6 Å². The molecular formula is C19H32N4S. The normalized spacial score (nSPS) is 16.7. The molecular weight excluding hydrogens is 316 g/mol. The minimum Gasteiger partial charge on any atom is -0.356 e. The molecule has 1 aromatic carbocycles. The van der Waals surface area contributed by atoms with Gasteiger partial charge in [-0.25, -0.2) is 0 Å². The first-order valence-corrected chi connectivity index (χ1v) is 10.4. The van der Waals surface area contributed by atoms with E-state index in [0.29, 0.717) is 0 Å². The Morgan fingerprint density at radius 2 is 1.71 bits per heavy atom. The third-order valence-electron chi connectivity index (χ3n) is 4.41. The zero-order chi connectivity index (χ0) is 17.0. The summed E-state index contributed by atoms with van der Waals surface area (Å²) in [5.74, 6) is 1.96. The molecule has 2 N–H and O–H groups in total. The monoisotopic (exact) mass is 348 g/mol. The molecule has 0 radical (unpaired) electrons. The van der Waals surface area contributed by atoms with Crippen molar-refractivity contribution in [1.82, 2.24) is 15.5 Å². The minimum atomic E-state index is 0.808. The van der Waals surface area contributed by atoms with Gasteiger partial charge in [0.2, 0.25) is 0 Å². The maximum Gasteiger partial charge on any atom is 0.191 e. The molecule has 4 nitrogen and oxygen atoms in total. The molecule has 0 amide bonds. The summed E-state index contributed by atoms with van der Waals surface area (Å²) in [6.45, 7) is 5.34. The molecule has 1 fully saturated rings. The molecule has 1 aliphatic rings. The van der Waals surface area contributed by atoms with Crippen molar-refractivity contribution >= 4 is 17.7 Å². The van der Waals surface area contributed by atoms with Crippen LogP contribution >= 0.6 is 11.8 Å². The Bertz CT molecular complexity index is 479. The van der Waals surface area contributed by atoms with Crippen molar-refractivity contribution in [2.75, 3.05) is 38.7 Å². The van der Waals surface area contributed by atoms with Crippen molar-refractivity contribution in [2.24, 2.45) is 4.99 Å². The highest BCUT2D eigenvalue weighted by Crippen LogP contribution is 2.13. The molecule has 1 aromatic rings. The standard InChI is InChI=1S/C19H32N4S/c1-20-19(21-11-14-24-2)22-15-17-7-9-18(10-8-17)16-23-12-5-3-4-6-13-23/h7-10H,3-6,11-16H2,1-2H3,(H2,20,21,22). The highest BCUT2D eigenvalue weighted by atomic mass is 32.2. The summed E-state index contributed by atoms with van der Waals surface area (Å²) in [6.07, 6.45) is 7.61. The van der Waals surface area contributed by atoms with Crippen molar-refractivity contribution in [3.63, 3.8) is 0 Å². The number of nitrogens with zero attached hydrogens (tertiary/aromatic N) is 2. The average molecular weight is 349 g/mol. The van der Waals surface area contributed by atoms with Gasteiger partial charge in [-0.15, -0.1) is 0 Å². The lowest BCUT2D eigenvalue weighted by atomic mass is 10.1. The third kappa shape index (κ3) is 7.14. The predicted molar refractivity (Wildman–Crippen MR) is 107 cm³/mol. The van der Waals surface area contributed by atoms with Crippen LogP contribution in [0, 0.1) is 0 Å². The Balaban J connectivity index is 1.76. The molecule has 0 aromatic heterocycles. The van der Waals surface area contributed by atoms with Gasteiger partial charge in [-0.1, -0.05) is 37.1 Å². The van der Waals surface area contributed by atoms with Gasteiger partial charge in [0.25, 0.3) is 0 Å². The zero-order valence-corrected chi connectivity index (χ0v) is 16.0. The van der Waals surface area contributed by atoms with Crippen molar-refractivity contribution in [3.05, 3.63) is 35.4 Å². The molecule has 1 aliphatic heterocycles. The van der Waals surface area contributed by atoms with Crippen molar-refractivity contribution in [1.29, 1.82) is 0 Å². The van der Waals surface area contributed by atoms with Crippen LogP contribution in [0.1, 0.15) is 36.8 Å². The predicted octanol–water partition coefficient (Wildman–Crippen LogP) is 3.09. The largest absolute Gasteiger partial charge is 0.356 e. The number of rotatable bonds is 7. The van der Waals surface area contributed by atoms with E-state index in [9.17, 15) is 0 Å². The van der Waals surface area contributed by atoms with Gasteiger partial charge >= 0.3 is 0 Å². The van der Waals surface area contributed by atoms with Crippen LogP contribution in [0.5, 0.6) is 0 Å². The second-order valence-electron chi connectivity index (χ2n) is 6.35. The molecule has 0 unspecified atom stereocenters. The van der Waals surface area contributed by atoms with Crippen LogP contribution in [0.15, 0.2) is 29.3 Å². The van der Waals surface area contributed by atoms with Gasteiger partial charge in [-0.3, -0.25) is 9.89 Å². The lowest BCUT2D eigenvalue weighted by Gasteiger charge is -2.20. The minimum absolute atomic E-state index is 0.808. The lowest BCUT2D eigenvalue weighted by molar-refractivity contribution is 0.277. The summed E-state index contributed by atoms with van der Waals surface area (Å²) in [5.41, 5.74) is 2.71. The molecule has 0 atom stereocenters. The Kier molecular flexibility index (Phi) is 9.06. The molecule has 1 saturated heterocycles. The van der Waals surface area contributed by atoms with Gasteiger partial charge in [0.15, 0.2) is 5.96 Å². The first-order chi connectivity index (χ1) is 11.8. The molecule has 0 aliphatic carbocycles. The molecule has 134 valence electrons.